The largest absolute Gasteiger partial charge is 0.497 e. The monoisotopic (exact) mass is 361 g/mol. The fourth-order valence-corrected chi connectivity index (χ4v) is 2.73. The topological polar surface area (TPSA) is 63.2 Å². The molecule has 2 N–H and O–H groups in total. The van der Waals surface area contributed by atoms with E-state index < -0.39 is 0 Å². The minimum Gasteiger partial charge on any atom is -0.497 e. The van der Waals surface area contributed by atoms with E-state index >= 15 is 0 Å². The van der Waals surface area contributed by atoms with Crippen molar-refractivity contribution in [3.63, 3.8) is 0 Å². The fraction of sp³-hybridized carbons (Fsp3) is 0.182. The Labute approximate surface area is 159 Å². The maximum Gasteiger partial charge on any atom is 0.251 e. The zero-order chi connectivity index (χ0) is 19.1. The molecule has 0 bridgehead atoms. The van der Waals surface area contributed by atoms with Gasteiger partial charge < -0.3 is 15.4 Å². The van der Waals surface area contributed by atoms with Crippen molar-refractivity contribution < 1.29 is 9.53 Å². The lowest BCUT2D eigenvalue weighted by Gasteiger charge is -2.09. The lowest BCUT2D eigenvalue weighted by molar-refractivity contribution is 0.0954. The molecule has 1 amide bonds. The van der Waals surface area contributed by atoms with E-state index in [-0.39, 0.29) is 5.91 Å². The van der Waals surface area contributed by atoms with Crippen LogP contribution < -0.4 is 15.4 Å². The van der Waals surface area contributed by atoms with Crippen LogP contribution >= 0.6 is 0 Å². The van der Waals surface area contributed by atoms with Gasteiger partial charge in [0.05, 0.1) is 7.11 Å². The van der Waals surface area contributed by atoms with Crippen LogP contribution in [0.25, 0.3) is 0 Å². The van der Waals surface area contributed by atoms with Gasteiger partial charge in [-0.1, -0.05) is 24.3 Å². The first kappa shape index (κ1) is 18.5. The van der Waals surface area contributed by atoms with E-state index in [0.717, 1.165) is 29.0 Å². The van der Waals surface area contributed by atoms with Crippen LogP contribution in [0, 0.1) is 6.92 Å². The third-order valence-corrected chi connectivity index (χ3v) is 4.17. The molecule has 1 aromatic heterocycles. The van der Waals surface area contributed by atoms with Gasteiger partial charge in [0.15, 0.2) is 0 Å². The number of nitrogens with one attached hydrogen (secondary N) is 2. The number of pyridine rings is 1. The lowest BCUT2D eigenvalue weighted by atomic mass is 10.1. The molecule has 1 heterocycles. The summed E-state index contributed by atoms with van der Waals surface area (Å²) in [6, 6.07) is 19.3. The normalized spacial score (nSPS) is 10.3. The molecule has 0 saturated carbocycles. The number of nitrogens with zero attached hydrogens (tertiary/aromatic N) is 1. The number of ether oxygens (including phenoxy) is 1. The minimum absolute atomic E-state index is 0.113. The average molecular weight is 361 g/mol. The number of carbonyl (C=O) groups is 1. The van der Waals surface area contributed by atoms with Crippen molar-refractivity contribution in [2.24, 2.45) is 0 Å². The average Bonchev–Trinajstić information content (AvgIpc) is 2.69. The molecule has 5 nitrogen and oxygen atoms in total. The molecule has 0 aliphatic heterocycles. The second-order valence-electron chi connectivity index (χ2n) is 6.28. The number of amides is 1. The van der Waals surface area contributed by atoms with E-state index in [9.17, 15) is 4.79 Å². The molecule has 2 aromatic carbocycles. The summed E-state index contributed by atoms with van der Waals surface area (Å²) in [6.07, 6.45) is 2.39. The van der Waals surface area contributed by atoms with Crippen LogP contribution in [0.15, 0.2) is 66.9 Å². The highest BCUT2D eigenvalue weighted by Gasteiger charge is 2.07. The number of benzene rings is 2. The molecule has 0 unspecified atom stereocenters. The molecule has 0 fully saturated rings. The maximum absolute atomic E-state index is 12.4. The summed E-state index contributed by atoms with van der Waals surface area (Å²) >= 11 is 0. The highest BCUT2D eigenvalue weighted by Crippen LogP contribution is 2.16. The van der Waals surface area contributed by atoms with Gasteiger partial charge in [-0.3, -0.25) is 4.79 Å². The van der Waals surface area contributed by atoms with Crippen LogP contribution in [0.2, 0.25) is 0 Å². The van der Waals surface area contributed by atoms with Crippen molar-refractivity contribution in [3.05, 3.63) is 83.6 Å². The molecule has 0 saturated heterocycles. The summed E-state index contributed by atoms with van der Waals surface area (Å²) in [4.78, 5) is 16.7. The summed E-state index contributed by atoms with van der Waals surface area (Å²) in [7, 11) is 1.64. The molecule has 0 aliphatic carbocycles. The molecule has 27 heavy (non-hydrogen) atoms. The number of rotatable bonds is 7. The molecule has 5 heteroatoms. The first-order valence-corrected chi connectivity index (χ1v) is 8.85. The zero-order valence-corrected chi connectivity index (χ0v) is 15.5. The van der Waals surface area contributed by atoms with Crippen molar-refractivity contribution in [2.45, 2.75) is 13.3 Å². The summed E-state index contributed by atoms with van der Waals surface area (Å²) in [6.45, 7) is 2.60. The molecule has 3 aromatic rings. The summed E-state index contributed by atoms with van der Waals surface area (Å²) in [5.74, 6) is 1.36. The lowest BCUT2D eigenvalue weighted by Crippen LogP contribution is -2.25. The molecule has 0 radical (unpaired) electrons. The number of aromatic nitrogens is 1. The first-order chi connectivity index (χ1) is 13.1. The third kappa shape index (κ3) is 5.31. The van der Waals surface area contributed by atoms with Gasteiger partial charge in [-0.25, -0.2) is 4.98 Å². The van der Waals surface area contributed by atoms with E-state index in [4.69, 9.17) is 4.74 Å². The van der Waals surface area contributed by atoms with E-state index in [2.05, 4.69) is 15.6 Å². The predicted octanol–water partition coefficient (Wildman–Crippen LogP) is 4.11. The molecule has 0 spiro atoms. The van der Waals surface area contributed by atoms with Gasteiger partial charge in [-0.05, 0) is 60.9 Å². The van der Waals surface area contributed by atoms with Crippen LogP contribution in [0.5, 0.6) is 5.75 Å². The van der Waals surface area contributed by atoms with Gasteiger partial charge >= 0.3 is 0 Å². The minimum atomic E-state index is -0.113. The Morgan fingerprint density at radius 3 is 2.63 bits per heavy atom. The highest BCUT2D eigenvalue weighted by molar-refractivity contribution is 5.94. The Bertz CT molecular complexity index is 907. The van der Waals surface area contributed by atoms with Crippen molar-refractivity contribution in [3.8, 4) is 5.75 Å². The molecule has 0 atom stereocenters. The van der Waals surface area contributed by atoms with Gasteiger partial charge in [0.1, 0.15) is 11.6 Å². The fourth-order valence-electron chi connectivity index (χ4n) is 2.73. The van der Waals surface area contributed by atoms with E-state index in [0.29, 0.717) is 17.9 Å². The van der Waals surface area contributed by atoms with Gasteiger partial charge in [0.2, 0.25) is 0 Å². The van der Waals surface area contributed by atoms with Crippen LogP contribution in [0.1, 0.15) is 21.5 Å². The second-order valence-corrected chi connectivity index (χ2v) is 6.28. The Morgan fingerprint density at radius 1 is 1.07 bits per heavy atom. The summed E-state index contributed by atoms with van der Waals surface area (Å²) in [5.41, 5.74) is 3.83. The van der Waals surface area contributed by atoms with Crippen molar-refractivity contribution >= 4 is 17.4 Å². The molecule has 138 valence electrons. The maximum atomic E-state index is 12.4. The number of carbonyl (C=O) groups excluding carboxylic acids is 1. The molecular formula is C22H23N3O2. The van der Waals surface area contributed by atoms with Crippen molar-refractivity contribution in [1.29, 1.82) is 0 Å². The van der Waals surface area contributed by atoms with Crippen molar-refractivity contribution in [2.75, 3.05) is 19.0 Å². The summed E-state index contributed by atoms with van der Waals surface area (Å²) < 4.78 is 5.15. The molecule has 3 rings (SSSR count). The third-order valence-electron chi connectivity index (χ3n) is 4.17. The number of aryl methyl sites for hydroxylation is 1. The number of methoxy groups -OCH3 is 1. The van der Waals surface area contributed by atoms with E-state index in [1.165, 1.54) is 0 Å². The quantitative estimate of drug-likeness (QED) is 0.665. The highest BCUT2D eigenvalue weighted by atomic mass is 16.5. The van der Waals surface area contributed by atoms with Crippen molar-refractivity contribution in [1.82, 2.24) is 10.3 Å². The van der Waals surface area contributed by atoms with Gasteiger partial charge in [0, 0.05) is 24.0 Å². The van der Waals surface area contributed by atoms with Gasteiger partial charge in [0.25, 0.3) is 5.91 Å². The standard InChI is InChI=1S/C22H23N3O2/c1-16-4-3-5-19(14-16)25-21-15-18(11-13-23-21)22(26)24-12-10-17-6-8-20(27-2)9-7-17/h3-9,11,13-15H,10,12H2,1-2H3,(H,23,25)(H,24,26). The first-order valence-electron chi connectivity index (χ1n) is 8.85. The molecular weight excluding hydrogens is 338 g/mol. The Morgan fingerprint density at radius 2 is 1.89 bits per heavy atom. The Kier molecular flexibility index (Phi) is 6.05. The van der Waals surface area contributed by atoms with Crippen LogP contribution in [-0.2, 0) is 6.42 Å². The Balaban J connectivity index is 1.56. The van der Waals surface area contributed by atoms with E-state index in [1.807, 2.05) is 55.5 Å². The smallest absolute Gasteiger partial charge is 0.251 e. The number of hydrogen-bond acceptors (Lipinski definition) is 4. The Hall–Kier alpha value is -3.34. The van der Waals surface area contributed by atoms with Gasteiger partial charge in [-0.2, -0.15) is 0 Å². The van der Waals surface area contributed by atoms with Crippen LogP contribution in [0.4, 0.5) is 11.5 Å². The zero-order valence-electron chi connectivity index (χ0n) is 15.5. The summed E-state index contributed by atoms with van der Waals surface area (Å²) in [5, 5.41) is 6.18. The number of anilines is 2. The SMILES string of the molecule is COc1ccc(CCNC(=O)c2ccnc(Nc3cccc(C)c3)c2)cc1. The molecule has 0 aliphatic rings. The number of hydrogen-bond donors (Lipinski definition) is 2. The predicted molar refractivity (Wildman–Crippen MR) is 108 cm³/mol. The second kappa shape index (κ2) is 8.85. The van der Waals surface area contributed by atoms with Gasteiger partial charge in [-0.15, -0.1) is 0 Å². The van der Waals surface area contributed by atoms with Crippen LogP contribution in [0.3, 0.4) is 0 Å². The van der Waals surface area contributed by atoms with Crippen LogP contribution in [-0.4, -0.2) is 24.5 Å². The van der Waals surface area contributed by atoms with E-state index in [1.54, 1.807) is 25.4 Å².